The number of hydrogen-bond acceptors (Lipinski definition) is 2. The van der Waals surface area contributed by atoms with Gasteiger partial charge >= 0.3 is 0 Å². The molecule has 0 amide bonds. The molecule has 7 rings (SSSR count). The Hall–Kier alpha value is -5.31. The van der Waals surface area contributed by atoms with E-state index in [2.05, 4.69) is 183 Å². The van der Waals surface area contributed by atoms with Crippen molar-refractivity contribution in [2.45, 2.75) is 43.9 Å². The molecule has 260 valence electrons. The monoisotopic (exact) mass is 698 g/mol. The predicted octanol–water partition coefficient (Wildman–Crippen LogP) is 12.3. The lowest BCUT2D eigenvalue weighted by Gasteiger charge is -2.35. The Balaban J connectivity index is 1.40. The second-order valence-corrected chi connectivity index (χ2v) is 15.0. The smallest absolute Gasteiger partial charge is 0.0457 e. The fourth-order valence-electron chi connectivity index (χ4n) is 8.46. The van der Waals surface area contributed by atoms with E-state index in [1.54, 1.807) is 0 Å². The standard InChI is InChI=1S/C49H47ClN2/c1-35(29-36(2)48(3,32-37-17-9-6-10-18-37)47-42-24-16-15-23-40(42)25-27-44(47)51-4)30-46-49(33-38-19-11-7-12-20-38,34-39-21-13-8-14-22-39)43-31-41(50)26-28-45(43)52(46)5/h6-31,51H,2,32-34H2,1,3-5H3/b35-29+,46-30+. The molecule has 6 aromatic carbocycles. The van der Waals surface area contributed by atoms with Crippen LogP contribution < -0.4 is 10.2 Å². The van der Waals surface area contributed by atoms with Crippen molar-refractivity contribution in [2.24, 2.45) is 0 Å². The molecule has 1 unspecified atom stereocenters. The lowest BCUT2D eigenvalue weighted by atomic mass is 9.69. The molecule has 0 spiro atoms. The van der Waals surface area contributed by atoms with Gasteiger partial charge in [0.05, 0.1) is 0 Å². The molecule has 1 aliphatic heterocycles. The minimum absolute atomic E-state index is 0.351. The highest BCUT2D eigenvalue weighted by Crippen LogP contribution is 2.52. The first-order chi connectivity index (χ1) is 25.2. The molecule has 0 aliphatic carbocycles. The number of nitrogens with zero attached hydrogens (tertiary/aromatic N) is 1. The first-order valence-electron chi connectivity index (χ1n) is 18.2. The van der Waals surface area contributed by atoms with Gasteiger partial charge in [-0.15, -0.1) is 0 Å². The molecule has 52 heavy (non-hydrogen) atoms. The van der Waals surface area contributed by atoms with Crippen LogP contribution >= 0.6 is 11.6 Å². The van der Waals surface area contributed by atoms with E-state index < -0.39 is 5.41 Å². The zero-order chi connectivity index (χ0) is 36.3. The van der Waals surface area contributed by atoms with E-state index in [9.17, 15) is 0 Å². The minimum atomic E-state index is -0.413. The van der Waals surface area contributed by atoms with Gasteiger partial charge in [0.2, 0.25) is 0 Å². The maximum Gasteiger partial charge on any atom is 0.0457 e. The largest absolute Gasteiger partial charge is 0.388 e. The number of halogens is 1. The molecule has 0 saturated carbocycles. The van der Waals surface area contributed by atoms with Gasteiger partial charge in [-0.1, -0.05) is 153 Å². The summed E-state index contributed by atoms with van der Waals surface area (Å²) in [5.41, 5.74) is 11.4. The van der Waals surface area contributed by atoms with Crippen LogP contribution in [-0.4, -0.2) is 14.1 Å². The van der Waals surface area contributed by atoms with Crippen molar-refractivity contribution in [1.82, 2.24) is 0 Å². The van der Waals surface area contributed by atoms with Crippen molar-refractivity contribution in [3.63, 3.8) is 0 Å². The summed E-state index contributed by atoms with van der Waals surface area (Å²) >= 11 is 6.80. The molecule has 1 N–H and O–H groups in total. The molecule has 1 atom stereocenters. The molecule has 2 nitrogen and oxygen atoms in total. The van der Waals surface area contributed by atoms with Gasteiger partial charge in [0, 0.05) is 47.0 Å². The molecule has 3 heteroatoms. The first kappa shape index (κ1) is 35.1. The molecule has 0 radical (unpaired) electrons. The molecule has 0 aromatic heterocycles. The SMILES string of the molecule is C=C(/C=C(C)/C=C1/N(C)c2ccc(Cl)cc2C1(Cc1ccccc1)Cc1ccccc1)C(C)(Cc1ccccc1)c1c(NC)ccc2ccccc12. The molecule has 0 saturated heterocycles. The topological polar surface area (TPSA) is 15.3 Å². The first-order valence-corrected chi connectivity index (χ1v) is 18.5. The number of fused-ring (bicyclic) bond motifs is 2. The van der Waals surface area contributed by atoms with Gasteiger partial charge < -0.3 is 10.2 Å². The molecule has 6 aromatic rings. The zero-order valence-electron chi connectivity index (χ0n) is 30.7. The number of nitrogens with one attached hydrogen (secondary N) is 1. The van der Waals surface area contributed by atoms with Gasteiger partial charge in [-0.05, 0) is 106 Å². The van der Waals surface area contributed by atoms with E-state index in [-0.39, 0.29) is 5.41 Å². The highest BCUT2D eigenvalue weighted by atomic mass is 35.5. The van der Waals surface area contributed by atoms with Gasteiger partial charge in [0.15, 0.2) is 0 Å². The normalized spacial score (nSPS) is 15.8. The summed E-state index contributed by atoms with van der Waals surface area (Å²) in [7, 11) is 4.22. The van der Waals surface area contributed by atoms with Crippen molar-refractivity contribution in [2.75, 3.05) is 24.3 Å². The highest BCUT2D eigenvalue weighted by molar-refractivity contribution is 6.30. The minimum Gasteiger partial charge on any atom is -0.388 e. The Kier molecular flexibility index (Phi) is 9.95. The van der Waals surface area contributed by atoms with Crippen LogP contribution in [0, 0.1) is 0 Å². The van der Waals surface area contributed by atoms with E-state index in [0.717, 1.165) is 41.1 Å². The van der Waals surface area contributed by atoms with Gasteiger partial charge in [0.25, 0.3) is 0 Å². The number of rotatable bonds is 11. The summed E-state index contributed by atoms with van der Waals surface area (Å²) in [6.45, 7) is 9.46. The van der Waals surface area contributed by atoms with Gasteiger partial charge in [-0.3, -0.25) is 0 Å². The maximum absolute atomic E-state index is 6.80. The Bertz CT molecular complexity index is 2230. The molecule has 1 aliphatic rings. The van der Waals surface area contributed by atoms with Crippen molar-refractivity contribution >= 4 is 33.7 Å². The highest BCUT2D eigenvalue weighted by Gasteiger charge is 2.46. The second kappa shape index (κ2) is 14.7. The van der Waals surface area contributed by atoms with Gasteiger partial charge in [-0.2, -0.15) is 0 Å². The summed E-state index contributed by atoms with van der Waals surface area (Å²) < 4.78 is 0. The Labute approximate surface area is 314 Å². The number of allylic oxidation sites excluding steroid dienone is 5. The van der Waals surface area contributed by atoms with Crippen molar-refractivity contribution in [3.8, 4) is 0 Å². The lowest BCUT2D eigenvalue weighted by Crippen LogP contribution is -2.34. The molecular weight excluding hydrogens is 652 g/mol. The van der Waals surface area contributed by atoms with Crippen LogP contribution in [0.25, 0.3) is 10.8 Å². The molecule has 0 bridgehead atoms. The van der Waals surface area contributed by atoms with Crippen LogP contribution in [0.3, 0.4) is 0 Å². The fourth-order valence-corrected chi connectivity index (χ4v) is 8.63. The molecular formula is C49H47ClN2. The second-order valence-electron chi connectivity index (χ2n) is 14.5. The van der Waals surface area contributed by atoms with Gasteiger partial charge in [-0.25, -0.2) is 0 Å². The molecule has 0 fully saturated rings. The van der Waals surface area contributed by atoms with Crippen LogP contribution in [-0.2, 0) is 30.1 Å². The molecule has 1 heterocycles. The number of anilines is 2. The van der Waals surface area contributed by atoms with E-state index in [1.165, 1.54) is 50.0 Å². The van der Waals surface area contributed by atoms with Crippen molar-refractivity contribution in [1.29, 1.82) is 0 Å². The van der Waals surface area contributed by atoms with E-state index >= 15 is 0 Å². The Morgan fingerprint density at radius 1 is 0.769 bits per heavy atom. The third-order valence-corrected chi connectivity index (χ3v) is 11.2. The van der Waals surface area contributed by atoms with Crippen LogP contribution in [0.5, 0.6) is 0 Å². The average molecular weight is 699 g/mol. The third kappa shape index (κ3) is 6.72. The number of benzene rings is 6. The summed E-state index contributed by atoms with van der Waals surface area (Å²) in [5, 5.41) is 6.75. The van der Waals surface area contributed by atoms with Crippen LogP contribution in [0.15, 0.2) is 181 Å². The van der Waals surface area contributed by atoms with Crippen molar-refractivity contribution in [3.05, 3.63) is 214 Å². The lowest BCUT2D eigenvalue weighted by molar-refractivity contribution is 0.507. The predicted molar refractivity (Wildman–Crippen MR) is 224 cm³/mol. The third-order valence-electron chi connectivity index (χ3n) is 11.0. The number of hydrogen-bond donors (Lipinski definition) is 1. The van der Waals surface area contributed by atoms with Crippen LogP contribution in [0.2, 0.25) is 5.02 Å². The maximum atomic E-state index is 6.80. The van der Waals surface area contributed by atoms with Crippen molar-refractivity contribution < 1.29 is 0 Å². The van der Waals surface area contributed by atoms with Gasteiger partial charge in [0.1, 0.15) is 0 Å². The average Bonchev–Trinajstić information content (AvgIpc) is 3.37. The van der Waals surface area contributed by atoms with E-state index in [4.69, 9.17) is 18.2 Å². The summed E-state index contributed by atoms with van der Waals surface area (Å²) in [5.74, 6) is 0. The van der Waals surface area contributed by atoms with Crippen LogP contribution in [0.4, 0.5) is 11.4 Å². The summed E-state index contributed by atoms with van der Waals surface area (Å²) in [4.78, 5) is 2.38. The quantitative estimate of drug-likeness (QED) is 0.136. The Morgan fingerprint density at radius 2 is 1.35 bits per heavy atom. The summed E-state index contributed by atoms with van der Waals surface area (Å²) in [6, 6.07) is 52.0. The Morgan fingerprint density at radius 3 is 1.96 bits per heavy atom. The van der Waals surface area contributed by atoms with E-state index in [1.807, 2.05) is 13.1 Å². The van der Waals surface area contributed by atoms with E-state index in [0.29, 0.717) is 0 Å². The number of likely N-dealkylation sites (N-methyl/N-ethyl adjacent to an activating group) is 1. The zero-order valence-corrected chi connectivity index (χ0v) is 31.4. The fraction of sp³-hybridized carbons (Fsp3) is 0.184. The van der Waals surface area contributed by atoms with Crippen LogP contribution in [0.1, 0.15) is 41.7 Å². The summed E-state index contributed by atoms with van der Waals surface area (Å²) in [6.07, 6.45) is 7.21.